The fourth-order valence-electron chi connectivity index (χ4n) is 1.43. The van der Waals surface area contributed by atoms with Gasteiger partial charge in [0.15, 0.2) is 11.3 Å². The van der Waals surface area contributed by atoms with Crippen molar-refractivity contribution >= 4 is 22.5 Å². The standard InChI is InChI=1S/C11H11N5O/c1-3-5-7(4-2)16-9(17)6-8-10(15-16)11(12)14-13-8/h3-6,13H,1-2H2,(H2,12,14)/b7-5+. The van der Waals surface area contributed by atoms with Gasteiger partial charge < -0.3 is 5.73 Å². The number of nitrogens with zero attached hydrogens (tertiary/aromatic N) is 3. The van der Waals surface area contributed by atoms with Crippen LogP contribution in [0.3, 0.4) is 0 Å². The highest BCUT2D eigenvalue weighted by molar-refractivity contribution is 5.84. The monoisotopic (exact) mass is 229 g/mol. The second kappa shape index (κ2) is 4.09. The van der Waals surface area contributed by atoms with Crippen molar-refractivity contribution in [1.29, 1.82) is 0 Å². The number of rotatable bonds is 3. The van der Waals surface area contributed by atoms with Gasteiger partial charge in [0.2, 0.25) is 0 Å². The van der Waals surface area contributed by atoms with Crippen molar-refractivity contribution < 1.29 is 0 Å². The minimum absolute atomic E-state index is 0.246. The minimum Gasteiger partial charge on any atom is -0.380 e. The van der Waals surface area contributed by atoms with E-state index in [0.717, 1.165) is 0 Å². The third-order valence-electron chi connectivity index (χ3n) is 2.21. The van der Waals surface area contributed by atoms with Gasteiger partial charge in [0.25, 0.3) is 5.56 Å². The Morgan fingerprint density at radius 2 is 2.29 bits per heavy atom. The number of nitrogen functional groups attached to an aromatic ring is 1. The molecule has 0 aliphatic heterocycles. The normalized spacial score (nSPS) is 11.6. The van der Waals surface area contributed by atoms with E-state index in [4.69, 9.17) is 5.73 Å². The molecule has 86 valence electrons. The lowest BCUT2D eigenvalue weighted by Gasteiger charge is -2.03. The van der Waals surface area contributed by atoms with E-state index < -0.39 is 0 Å². The third-order valence-corrected chi connectivity index (χ3v) is 2.21. The Morgan fingerprint density at radius 1 is 1.53 bits per heavy atom. The number of H-pyrrole nitrogens is 1. The van der Waals surface area contributed by atoms with E-state index in [0.29, 0.717) is 16.7 Å². The molecule has 0 saturated heterocycles. The van der Waals surface area contributed by atoms with Gasteiger partial charge in [-0.1, -0.05) is 19.2 Å². The van der Waals surface area contributed by atoms with Gasteiger partial charge in [-0.05, 0) is 12.2 Å². The molecule has 0 radical (unpaired) electrons. The smallest absolute Gasteiger partial charge is 0.273 e. The summed E-state index contributed by atoms with van der Waals surface area (Å²) in [6.07, 6.45) is 4.69. The molecule has 2 rings (SSSR count). The van der Waals surface area contributed by atoms with Gasteiger partial charge in [0, 0.05) is 6.07 Å². The SMILES string of the molecule is C=C/C=C(\C=C)n1nc2c(N)n[nH]c2cc1=O. The fraction of sp³-hybridized carbons (Fsp3) is 0. The molecule has 0 aromatic carbocycles. The van der Waals surface area contributed by atoms with E-state index in [1.807, 2.05) is 0 Å². The molecule has 2 aromatic heterocycles. The number of nitrogens with one attached hydrogen (secondary N) is 1. The van der Waals surface area contributed by atoms with Crippen LogP contribution >= 0.6 is 0 Å². The summed E-state index contributed by atoms with van der Waals surface area (Å²) in [5.41, 5.74) is 6.80. The highest BCUT2D eigenvalue weighted by Crippen LogP contribution is 2.13. The molecule has 6 nitrogen and oxygen atoms in total. The zero-order valence-electron chi connectivity index (χ0n) is 9.05. The maximum Gasteiger partial charge on any atom is 0.273 e. The van der Waals surface area contributed by atoms with E-state index in [2.05, 4.69) is 28.5 Å². The highest BCUT2D eigenvalue weighted by atomic mass is 16.1. The van der Waals surface area contributed by atoms with Crippen LogP contribution in [0.25, 0.3) is 16.7 Å². The first-order chi connectivity index (χ1) is 8.17. The lowest BCUT2D eigenvalue weighted by atomic mass is 10.3. The molecule has 0 saturated carbocycles. The van der Waals surface area contributed by atoms with Gasteiger partial charge in [-0.25, -0.2) is 0 Å². The van der Waals surface area contributed by atoms with Crippen LogP contribution in [0.4, 0.5) is 5.82 Å². The van der Waals surface area contributed by atoms with E-state index in [-0.39, 0.29) is 11.4 Å². The third kappa shape index (κ3) is 1.76. The number of allylic oxidation sites excluding steroid dienone is 4. The van der Waals surface area contributed by atoms with Crippen LogP contribution in [0.15, 0.2) is 42.2 Å². The van der Waals surface area contributed by atoms with Gasteiger partial charge in [-0.3, -0.25) is 9.89 Å². The second-order valence-electron chi connectivity index (χ2n) is 3.30. The predicted molar refractivity (Wildman–Crippen MR) is 67.2 cm³/mol. The number of fused-ring (bicyclic) bond motifs is 1. The fourth-order valence-corrected chi connectivity index (χ4v) is 1.43. The number of aromatic nitrogens is 4. The van der Waals surface area contributed by atoms with Crippen LogP contribution in [0.1, 0.15) is 0 Å². The zero-order valence-corrected chi connectivity index (χ0v) is 9.05. The van der Waals surface area contributed by atoms with E-state index in [9.17, 15) is 4.79 Å². The Balaban J connectivity index is 2.77. The summed E-state index contributed by atoms with van der Waals surface area (Å²) in [7, 11) is 0. The summed E-state index contributed by atoms with van der Waals surface area (Å²) < 4.78 is 1.20. The van der Waals surface area contributed by atoms with Crippen molar-refractivity contribution in [1.82, 2.24) is 20.0 Å². The molecule has 0 spiro atoms. The molecule has 17 heavy (non-hydrogen) atoms. The van der Waals surface area contributed by atoms with Crippen LogP contribution in [0, 0.1) is 0 Å². The number of aromatic amines is 1. The van der Waals surface area contributed by atoms with Gasteiger partial charge in [-0.15, -0.1) is 0 Å². The van der Waals surface area contributed by atoms with Gasteiger partial charge >= 0.3 is 0 Å². The Labute approximate surface area is 96.8 Å². The van der Waals surface area contributed by atoms with Crippen molar-refractivity contribution in [3.8, 4) is 0 Å². The van der Waals surface area contributed by atoms with Crippen molar-refractivity contribution in [3.05, 3.63) is 47.8 Å². The molecular weight excluding hydrogens is 218 g/mol. The highest BCUT2D eigenvalue weighted by Gasteiger charge is 2.08. The summed E-state index contributed by atoms with van der Waals surface area (Å²) in [6.45, 7) is 7.18. The van der Waals surface area contributed by atoms with E-state index in [1.165, 1.54) is 16.8 Å². The summed E-state index contributed by atoms with van der Waals surface area (Å²) in [6, 6.07) is 1.38. The summed E-state index contributed by atoms with van der Waals surface area (Å²) in [5, 5.41) is 10.5. The molecule has 0 aliphatic carbocycles. The lowest BCUT2D eigenvalue weighted by Crippen LogP contribution is -2.20. The molecule has 0 fully saturated rings. The van der Waals surface area contributed by atoms with Crippen LogP contribution in [-0.4, -0.2) is 20.0 Å². The topological polar surface area (TPSA) is 89.6 Å². The van der Waals surface area contributed by atoms with E-state index >= 15 is 0 Å². The molecule has 2 heterocycles. The van der Waals surface area contributed by atoms with E-state index in [1.54, 1.807) is 12.2 Å². The minimum atomic E-state index is -0.297. The molecule has 6 heteroatoms. The molecule has 3 N–H and O–H groups in total. The largest absolute Gasteiger partial charge is 0.380 e. The first-order valence-electron chi connectivity index (χ1n) is 4.87. The average molecular weight is 229 g/mol. The van der Waals surface area contributed by atoms with Gasteiger partial charge in [0.05, 0.1) is 11.2 Å². The predicted octanol–water partition coefficient (Wildman–Crippen LogP) is 0.915. The van der Waals surface area contributed by atoms with Crippen molar-refractivity contribution in [2.45, 2.75) is 0 Å². The Kier molecular flexibility index (Phi) is 2.61. The van der Waals surface area contributed by atoms with Crippen LogP contribution in [0.5, 0.6) is 0 Å². The maximum atomic E-state index is 11.8. The summed E-state index contributed by atoms with van der Waals surface area (Å²) in [5.74, 6) is 0.246. The maximum absolute atomic E-state index is 11.8. The second-order valence-corrected chi connectivity index (χ2v) is 3.30. The van der Waals surface area contributed by atoms with Crippen LogP contribution < -0.4 is 11.3 Å². The van der Waals surface area contributed by atoms with Crippen molar-refractivity contribution in [2.24, 2.45) is 0 Å². The summed E-state index contributed by atoms with van der Waals surface area (Å²) >= 11 is 0. The first-order valence-corrected chi connectivity index (χ1v) is 4.87. The Hall–Kier alpha value is -2.63. The molecule has 0 amide bonds. The molecule has 0 atom stereocenters. The number of hydrogen-bond donors (Lipinski definition) is 2. The lowest BCUT2D eigenvalue weighted by molar-refractivity contribution is 0.860. The van der Waals surface area contributed by atoms with Crippen molar-refractivity contribution in [3.63, 3.8) is 0 Å². The van der Waals surface area contributed by atoms with Crippen LogP contribution in [-0.2, 0) is 0 Å². The van der Waals surface area contributed by atoms with Crippen molar-refractivity contribution in [2.75, 3.05) is 5.73 Å². The number of anilines is 1. The molecule has 2 aromatic rings. The average Bonchev–Trinajstić information content (AvgIpc) is 2.67. The zero-order chi connectivity index (χ0) is 12.4. The number of nitrogens with two attached hydrogens (primary N) is 1. The Bertz CT molecular complexity index is 677. The quantitative estimate of drug-likeness (QED) is 0.765. The van der Waals surface area contributed by atoms with Gasteiger partial charge in [0.1, 0.15) is 0 Å². The number of hydrogen-bond acceptors (Lipinski definition) is 4. The van der Waals surface area contributed by atoms with Gasteiger partial charge in [-0.2, -0.15) is 14.9 Å². The summed E-state index contributed by atoms with van der Waals surface area (Å²) in [4.78, 5) is 11.8. The molecular formula is C11H11N5O. The molecule has 0 unspecified atom stereocenters. The molecule has 0 bridgehead atoms. The molecule has 0 aliphatic rings. The Morgan fingerprint density at radius 3 is 2.94 bits per heavy atom. The first kappa shape index (κ1) is 10.9. The van der Waals surface area contributed by atoms with Crippen LogP contribution in [0.2, 0.25) is 0 Å².